The Labute approximate surface area is 99.1 Å². The number of rotatable bonds is 5. The van der Waals surface area contributed by atoms with E-state index in [0.717, 1.165) is 25.1 Å². The molecule has 1 heterocycles. The Hall–Kier alpha value is -2.19. The van der Waals surface area contributed by atoms with E-state index in [9.17, 15) is 0 Å². The van der Waals surface area contributed by atoms with Gasteiger partial charge in [-0.3, -0.25) is 0 Å². The van der Waals surface area contributed by atoms with Crippen LogP contribution in [0.15, 0.2) is 35.2 Å². The third-order valence-electron chi connectivity index (χ3n) is 2.34. The van der Waals surface area contributed by atoms with Crippen LogP contribution in [-0.4, -0.2) is 16.7 Å². The predicted octanol–water partition coefficient (Wildman–Crippen LogP) is 1.27. The number of hydrogen-bond acceptors (Lipinski definition) is 5. The van der Waals surface area contributed by atoms with Gasteiger partial charge in [-0.2, -0.15) is 10.2 Å². The molecular weight excluding hydrogens is 216 g/mol. The second kappa shape index (κ2) is 5.77. The summed E-state index contributed by atoms with van der Waals surface area (Å²) in [5, 5.41) is 15.7. The molecule has 2 rings (SSSR count). The highest BCUT2D eigenvalue weighted by molar-refractivity contribution is 5.31. The van der Waals surface area contributed by atoms with Gasteiger partial charge in [-0.1, -0.05) is 17.3 Å². The lowest BCUT2D eigenvalue weighted by atomic mass is 10.1. The first-order valence-corrected chi connectivity index (χ1v) is 5.33. The summed E-state index contributed by atoms with van der Waals surface area (Å²) in [6.45, 7) is 1.56. The van der Waals surface area contributed by atoms with Crippen molar-refractivity contribution >= 4 is 0 Å². The van der Waals surface area contributed by atoms with Crippen molar-refractivity contribution in [2.24, 2.45) is 0 Å². The lowest BCUT2D eigenvalue weighted by molar-refractivity contribution is 0.409. The molecule has 0 saturated heterocycles. The lowest BCUT2D eigenvalue weighted by Gasteiger charge is -2.03. The van der Waals surface area contributed by atoms with E-state index in [1.54, 1.807) is 0 Å². The highest BCUT2D eigenvalue weighted by Crippen LogP contribution is 2.02. The molecule has 0 aliphatic rings. The predicted molar refractivity (Wildman–Crippen MR) is 60.9 cm³/mol. The van der Waals surface area contributed by atoms with Crippen molar-refractivity contribution in [2.75, 3.05) is 6.54 Å². The van der Waals surface area contributed by atoms with Gasteiger partial charge in [0.1, 0.15) is 0 Å². The number of nitrogens with zero attached hydrogens (tertiary/aromatic N) is 3. The molecule has 0 aliphatic heterocycles. The minimum absolute atomic E-state index is 0.681. The molecule has 2 aromatic rings. The van der Waals surface area contributed by atoms with Gasteiger partial charge in [0.05, 0.1) is 11.6 Å². The smallest absolute Gasteiger partial charge is 0.213 e. The van der Waals surface area contributed by atoms with Crippen molar-refractivity contribution in [2.45, 2.75) is 13.0 Å². The molecule has 5 heteroatoms. The van der Waals surface area contributed by atoms with Crippen molar-refractivity contribution < 1.29 is 4.52 Å². The third-order valence-corrected chi connectivity index (χ3v) is 2.34. The molecule has 1 aromatic heterocycles. The molecule has 0 saturated carbocycles. The SMILES string of the molecule is N#Cc1ccc(CNCCc2ncon2)cc1. The van der Waals surface area contributed by atoms with E-state index in [-0.39, 0.29) is 0 Å². The topological polar surface area (TPSA) is 74.7 Å². The minimum atomic E-state index is 0.681. The van der Waals surface area contributed by atoms with E-state index in [0.29, 0.717) is 11.4 Å². The molecule has 0 aliphatic carbocycles. The lowest BCUT2D eigenvalue weighted by Crippen LogP contribution is -2.17. The van der Waals surface area contributed by atoms with Crippen LogP contribution < -0.4 is 5.32 Å². The van der Waals surface area contributed by atoms with E-state index in [1.807, 2.05) is 24.3 Å². The summed E-state index contributed by atoms with van der Waals surface area (Å²) in [6, 6.07) is 9.61. The molecule has 0 spiro atoms. The van der Waals surface area contributed by atoms with Crippen LogP contribution in [0.1, 0.15) is 17.0 Å². The fraction of sp³-hybridized carbons (Fsp3) is 0.250. The molecule has 0 amide bonds. The quantitative estimate of drug-likeness (QED) is 0.780. The Bertz CT molecular complexity index is 484. The number of nitrogens with one attached hydrogen (secondary N) is 1. The molecule has 0 unspecified atom stereocenters. The Balaban J connectivity index is 1.73. The van der Waals surface area contributed by atoms with Crippen molar-refractivity contribution in [1.29, 1.82) is 5.26 Å². The summed E-state index contributed by atoms with van der Waals surface area (Å²) >= 11 is 0. The van der Waals surface area contributed by atoms with Crippen LogP contribution in [0.5, 0.6) is 0 Å². The first-order valence-electron chi connectivity index (χ1n) is 5.33. The first-order chi connectivity index (χ1) is 8.38. The zero-order valence-corrected chi connectivity index (χ0v) is 9.26. The molecule has 0 bridgehead atoms. The molecule has 0 fully saturated rings. The van der Waals surface area contributed by atoms with Gasteiger partial charge < -0.3 is 9.84 Å². The van der Waals surface area contributed by atoms with Gasteiger partial charge in [0.2, 0.25) is 6.39 Å². The maximum Gasteiger partial charge on any atom is 0.213 e. The maximum absolute atomic E-state index is 8.66. The van der Waals surface area contributed by atoms with E-state index in [1.165, 1.54) is 6.39 Å². The van der Waals surface area contributed by atoms with Gasteiger partial charge in [-0.05, 0) is 17.7 Å². The van der Waals surface area contributed by atoms with E-state index >= 15 is 0 Å². The Morgan fingerprint density at radius 3 is 2.76 bits per heavy atom. The van der Waals surface area contributed by atoms with Crippen LogP contribution in [0.3, 0.4) is 0 Å². The second-order valence-electron chi connectivity index (χ2n) is 3.58. The first kappa shape index (κ1) is 11.3. The second-order valence-corrected chi connectivity index (χ2v) is 3.58. The molecule has 1 aromatic carbocycles. The zero-order valence-electron chi connectivity index (χ0n) is 9.26. The fourth-order valence-electron chi connectivity index (χ4n) is 1.43. The summed E-state index contributed by atoms with van der Waals surface area (Å²) in [5.74, 6) is 0.706. The monoisotopic (exact) mass is 228 g/mol. The number of nitriles is 1. The number of hydrogen-bond donors (Lipinski definition) is 1. The van der Waals surface area contributed by atoms with Crippen LogP contribution in [0.4, 0.5) is 0 Å². The molecular formula is C12H12N4O. The van der Waals surface area contributed by atoms with Crippen LogP contribution >= 0.6 is 0 Å². The Morgan fingerprint density at radius 2 is 2.12 bits per heavy atom. The fourth-order valence-corrected chi connectivity index (χ4v) is 1.43. The summed E-state index contributed by atoms with van der Waals surface area (Å²) in [5.41, 5.74) is 1.83. The van der Waals surface area contributed by atoms with E-state index in [2.05, 4.69) is 26.0 Å². The van der Waals surface area contributed by atoms with Crippen molar-refractivity contribution in [3.05, 3.63) is 47.6 Å². The zero-order chi connectivity index (χ0) is 11.9. The highest BCUT2D eigenvalue weighted by Gasteiger charge is 1.98. The average Bonchev–Trinajstić information content (AvgIpc) is 2.88. The molecule has 5 nitrogen and oxygen atoms in total. The van der Waals surface area contributed by atoms with Gasteiger partial charge in [-0.25, -0.2) is 0 Å². The van der Waals surface area contributed by atoms with Gasteiger partial charge in [0.15, 0.2) is 5.82 Å². The average molecular weight is 228 g/mol. The molecule has 1 N–H and O–H groups in total. The molecule has 0 radical (unpaired) electrons. The summed E-state index contributed by atoms with van der Waals surface area (Å²) < 4.78 is 4.64. The van der Waals surface area contributed by atoms with Gasteiger partial charge in [0.25, 0.3) is 0 Å². The standard InChI is InChI=1S/C12H12N4O/c13-7-10-1-3-11(4-2-10)8-14-6-5-12-15-9-17-16-12/h1-4,9,14H,5-6,8H2. The van der Waals surface area contributed by atoms with Crippen LogP contribution in [0.25, 0.3) is 0 Å². The van der Waals surface area contributed by atoms with Crippen molar-refractivity contribution in [1.82, 2.24) is 15.5 Å². The van der Waals surface area contributed by atoms with Crippen molar-refractivity contribution in [3.63, 3.8) is 0 Å². The van der Waals surface area contributed by atoms with Gasteiger partial charge >= 0.3 is 0 Å². The normalized spacial score (nSPS) is 10.1. The largest absolute Gasteiger partial charge is 0.343 e. The van der Waals surface area contributed by atoms with Crippen LogP contribution in [0, 0.1) is 11.3 Å². The van der Waals surface area contributed by atoms with E-state index in [4.69, 9.17) is 5.26 Å². The highest BCUT2D eigenvalue weighted by atomic mass is 16.5. The van der Waals surface area contributed by atoms with Crippen molar-refractivity contribution in [3.8, 4) is 6.07 Å². The molecule has 17 heavy (non-hydrogen) atoms. The maximum atomic E-state index is 8.66. The number of aromatic nitrogens is 2. The van der Waals surface area contributed by atoms with Crippen LogP contribution in [0.2, 0.25) is 0 Å². The van der Waals surface area contributed by atoms with E-state index < -0.39 is 0 Å². The van der Waals surface area contributed by atoms with Gasteiger partial charge in [0, 0.05) is 19.5 Å². The van der Waals surface area contributed by atoms with Crippen LogP contribution in [-0.2, 0) is 13.0 Å². The Morgan fingerprint density at radius 1 is 1.29 bits per heavy atom. The minimum Gasteiger partial charge on any atom is -0.343 e. The molecule has 86 valence electrons. The summed E-state index contributed by atoms with van der Waals surface area (Å²) in [7, 11) is 0. The summed E-state index contributed by atoms with van der Waals surface area (Å²) in [4.78, 5) is 3.93. The Kier molecular flexibility index (Phi) is 3.84. The summed E-state index contributed by atoms with van der Waals surface area (Å²) in [6.07, 6.45) is 2.07. The number of benzene rings is 1. The molecule has 0 atom stereocenters. The third kappa shape index (κ3) is 3.40. The van der Waals surface area contributed by atoms with Gasteiger partial charge in [-0.15, -0.1) is 0 Å².